The number of rotatable bonds is 5. The molecule has 0 aliphatic rings. The Morgan fingerprint density at radius 2 is 1.81 bits per heavy atom. The van der Waals surface area contributed by atoms with Gasteiger partial charge in [-0.1, -0.05) is 18.2 Å². The van der Waals surface area contributed by atoms with Gasteiger partial charge in [-0.15, -0.1) is 0 Å². The highest BCUT2D eigenvalue weighted by atomic mass is 16.5. The molecule has 4 rings (SSSR count). The Morgan fingerprint density at radius 1 is 0.962 bits per heavy atom. The third-order valence-electron chi connectivity index (χ3n) is 4.03. The number of para-hydroxylation sites is 1. The topological polar surface area (TPSA) is 74.1 Å². The van der Waals surface area contributed by atoms with Gasteiger partial charge in [-0.3, -0.25) is 0 Å². The van der Waals surface area contributed by atoms with E-state index < -0.39 is 0 Å². The standard InChI is InChI=1S/C19H17N5O2/c1-25-14-8-9-16(17(10-14)26-2)23-18-15-11-22-24(19(15)21-12-20-18)13-6-4-3-5-7-13/h3-12H,1-2H3,(H,20,21,23). The van der Waals surface area contributed by atoms with Crippen LogP contribution in [-0.4, -0.2) is 34.0 Å². The van der Waals surface area contributed by atoms with Crippen LogP contribution in [0.4, 0.5) is 11.5 Å². The van der Waals surface area contributed by atoms with Gasteiger partial charge in [0.2, 0.25) is 0 Å². The van der Waals surface area contributed by atoms with Gasteiger partial charge in [0.05, 0.1) is 37.2 Å². The van der Waals surface area contributed by atoms with Crippen LogP contribution in [0.5, 0.6) is 11.5 Å². The third-order valence-corrected chi connectivity index (χ3v) is 4.03. The summed E-state index contributed by atoms with van der Waals surface area (Å²) in [4.78, 5) is 8.75. The molecular weight excluding hydrogens is 330 g/mol. The zero-order chi connectivity index (χ0) is 17.9. The predicted molar refractivity (Wildman–Crippen MR) is 99.5 cm³/mol. The molecule has 0 aliphatic heterocycles. The molecule has 2 aromatic heterocycles. The van der Waals surface area contributed by atoms with Crippen LogP contribution >= 0.6 is 0 Å². The van der Waals surface area contributed by atoms with Gasteiger partial charge in [-0.2, -0.15) is 5.10 Å². The lowest BCUT2D eigenvalue weighted by molar-refractivity contribution is 0.395. The van der Waals surface area contributed by atoms with Gasteiger partial charge < -0.3 is 14.8 Å². The van der Waals surface area contributed by atoms with E-state index in [-0.39, 0.29) is 0 Å². The first-order valence-electron chi connectivity index (χ1n) is 8.03. The minimum Gasteiger partial charge on any atom is -0.497 e. The fourth-order valence-corrected chi connectivity index (χ4v) is 2.73. The number of hydrogen-bond donors (Lipinski definition) is 1. The van der Waals surface area contributed by atoms with E-state index >= 15 is 0 Å². The number of aromatic nitrogens is 4. The van der Waals surface area contributed by atoms with E-state index in [2.05, 4.69) is 20.4 Å². The molecule has 2 aromatic carbocycles. The van der Waals surface area contributed by atoms with Gasteiger partial charge in [0.1, 0.15) is 23.6 Å². The van der Waals surface area contributed by atoms with Crippen molar-refractivity contribution >= 4 is 22.5 Å². The molecule has 0 saturated heterocycles. The second-order valence-electron chi connectivity index (χ2n) is 5.54. The Morgan fingerprint density at radius 3 is 2.58 bits per heavy atom. The minimum atomic E-state index is 0.653. The van der Waals surface area contributed by atoms with Crippen molar-refractivity contribution in [2.24, 2.45) is 0 Å². The van der Waals surface area contributed by atoms with Crippen LogP contribution in [-0.2, 0) is 0 Å². The number of ether oxygens (including phenoxy) is 2. The lowest BCUT2D eigenvalue weighted by Crippen LogP contribution is -2.00. The predicted octanol–water partition coefficient (Wildman–Crippen LogP) is 3.58. The fourth-order valence-electron chi connectivity index (χ4n) is 2.73. The van der Waals surface area contributed by atoms with E-state index in [0.717, 1.165) is 28.2 Å². The molecule has 0 saturated carbocycles. The van der Waals surface area contributed by atoms with E-state index in [1.165, 1.54) is 6.33 Å². The maximum atomic E-state index is 5.44. The Bertz CT molecular complexity index is 1050. The molecule has 2 heterocycles. The molecular formula is C19H17N5O2. The number of methoxy groups -OCH3 is 2. The smallest absolute Gasteiger partial charge is 0.168 e. The van der Waals surface area contributed by atoms with Gasteiger partial charge in [0.25, 0.3) is 0 Å². The van der Waals surface area contributed by atoms with Gasteiger partial charge in [0.15, 0.2) is 5.65 Å². The molecule has 0 radical (unpaired) electrons. The Hall–Kier alpha value is -3.61. The van der Waals surface area contributed by atoms with E-state index in [0.29, 0.717) is 11.6 Å². The first-order chi connectivity index (χ1) is 12.8. The SMILES string of the molecule is COc1ccc(Nc2ncnc3c2cnn3-c2ccccc2)c(OC)c1. The molecule has 0 fully saturated rings. The van der Waals surface area contributed by atoms with Crippen LogP contribution in [0.3, 0.4) is 0 Å². The maximum absolute atomic E-state index is 5.44. The lowest BCUT2D eigenvalue weighted by Gasteiger charge is -2.12. The molecule has 0 atom stereocenters. The second-order valence-corrected chi connectivity index (χ2v) is 5.54. The number of benzene rings is 2. The monoisotopic (exact) mass is 347 g/mol. The number of nitrogens with one attached hydrogen (secondary N) is 1. The summed E-state index contributed by atoms with van der Waals surface area (Å²) in [5.74, 6) is 2.03. The van der Waals surface area contributed by atoms with Gasteiger partial charge >= 0.3 is 0 Å². The molecule has 0 unspecified atom stereocenters. The van der Waals surface area contributed by atoms with Crippen molar-refractivity contribution in [3.8, 4) is 17.2 Å². The average Bonchev–Trinajstić information content (AvgIpc) is 3.14. The molecule has 4 aromatic rings. The molecule has 26 heavy (non-hydrogen) atoms. The van der Waals surface area contributed by atoms with E-state index in [4.69, 9.17) is 9.47 Å². The van der Waals surface area contributed by atoms with Crippen LogP contribution in [0.15, 0.2) is 61.1 Å². The molecule has 7 heteroatoms. The van der Waals surface area contributed by atoms with Crippen LogP contribution in [0.25, 0.3) is 16.7 Å². The summed E-state index contributed by atoms with van der Waals surface area (Å²) in [5, 5.41) is 8.57. The number of fused-ring (bicyclic) bond motifs is 1. The molecule has 0 bridgehead atoms. The Kier molecular flexibility index (Phi) is 4.10. The summed E-state index contributed by atoms with van der Waals surface area (Å²) >= 11 is 0. The van der Waals surface area contributed by atoms with Crippen LogP contribution < -0.4 is 14.8 Å². The van der Waals surface area contributed by atoms with Crippen molar-refractivity contribution in [2.45, 2.75) is 0 Å². The van der Waals surface area contributed by atoms with Gasteiger partial charge in [-0.05, 0) is 24.3 Å². The largest absolute Gasteiger partial charge is 0.497 e. The molecule has 1 N–H and O–H groups in total. The first kappa shape index (κ1) is 15.9. The summed E-state index contributed by atoms with van der Waals surface area (Å²) in [6.45, 7) is 0. The van der Waals surface area contributed by atoms with Crippen LogP contribution in [0, 0.1) is 0 Å². The molecule has 7 nitrogen and oxygen atoms in total. The Labute approximate surface area is 150 Å². The molecule has 0 spiro atoms. The summed E-state index contributed by atoms with van der Waals surface area (Å²) in [6.07, 6.45) is 3.27. The Balaban J connectivity index is 1.76. The van der Waals surface area contributed by atoms with Crippen molar-refractivity contribution in [2.75, 3.05) is 19.5 Å². The van der Waals surface area contributed by atoms with Crippen molar-refractivity contribution in [3.05, 3.63) is 61.1 Å². The van der Waals surface area contributed by atoms with E-state index in [1.54, 1.807) is 25.1 Å². The molecule has 130 valence electrons. The molecule has 0 aliphatic carbocycles. The lowest BCUT2D eigenvalue weighted by atomic mass is 10.2. The van der Waals surface area contributed by atoms with Crippen LogP contribution in [0.2, 0.25) is 0 Å². The summed E-state index contributed by atoms with van der Waals surface area (Å²) in [5.41, 5.74) is 2.44. The van der Waals surface area contributed by atoms with Crippen molar-refractivity contribution in [1.29, 1.82) is 0 Å². The third kappa shape index (κ3) is 2.79. The van der Waals surface area contributed by atoms with Gasteiger partial charge in [-0.25, -0.2) is 14.6 Å². The fraction of sp³-hybridized carbons (Fsp3) is 0.105. The summed E-state index contributed by atoms with van der Waals surface area (Å²) in [7, 11) is 3.23. The second kappa shape index (κ2) is 6.72. The minimum absolute atomic E-state index is 0.653. The van der Waals surface area contributed by atoms with Gasteiger partial charge in [0, 0.05) is 6.07 Å². The normalized spacial score (nSPS) is 10.7. The zero-order valence-corrected chi connectivity index (χ0v) is 14.4. The summed E-state index contributed by atoms with van der Waals surface area (Å²) < 4.78 is 12.5. The van der Waals surface area contributed by atoms with Crippen LogP contribution in [0.1, 0.15) is 0 Å². The number of nitrogens with zero attached hydrogens (tertiary/aromatic N) is 4. The van der Waals surface area contributed by atoms with E-state index in [1.807, 2.05) is 48.5 Å². The van der Waals surface area contributed by atoms with E-state index in [9.17, 15) is 0 Å². The number of hydrogen-bond acceptors (Lipinski definition) is 6. The molecule has 0 amide bonds. The highest BCUT2D eigenvalue weighted by Gasteiger charge is 2.13. The first-order valence-corrected chi connectivity index (χ1v) is 8.03. The quantitative estimate of drug-likeness (QED) is 0.595. The maximum Gasteiger partial charge on any atom is 0.168 e. The highest BCUT2D eigenvalue weighted by Crippen LogP contribution is 2.32. The van der Waals surface area contributed by atoms with Crippen molar-refractivity contribution in [1.82, 2.24) is 19.7 Å². The highest BCUT2D eigenvalue weighted by molar-refractivity contribution is 5.89. The summed E-state index contributed by atoms with van der Waals surface area (Å²) in [6, 6.07) is 15.4. The average molecular weight is 347 g/mol. The van der Waals surface area contributed by atoms with Crippen molar-refractivity contribution in [3.63, 3.8) is 0 Å². The zero-order valence-electron chi connectivity index (χ0n) is 14.4. The van der Waals surface area contributed by atoms with Crippen molar-refractivity contribution < 1.29 is 9.47 Å². The number of anilines is 2.